The topological polar surface area (TPSA) is 81.4 Å². The fourth-order valence-corrected chi connectivity index (χ4v) is 2.83. The molecule has 2 unspecified atom stereocenters. The number of hydrogen-bond acceptors (Lipinski definition) is 4. The first-order valence-electron chi connectivity index (χ1n) is 4.51. The largest absolute Gasteiger partial charge is 0.396 e. The van der Waals surface area contributed by atoms with Crippen molar-refractivity contribution in [3.63, 3.8) is 0 Å². The Morgan fingerprint density at radius 2 is 2.36 bits per heavy atom. The summed E-state index contributed by atoms with van der Waals surface area (Å²) in [5, 5.41) is 16.4. The van der Waals surface area contributed by atoms with Crippen LogP contribution in [0.2, 0.25) is 0 Å². The van der Waals surface area contributed by atoms with E-state index in [0.717, 1.165) is 0 Å². The number of nitrogens with zero attached hydrogens (tertiary/aromatic N) is 2. The van der Waals surface area contributed by atoms with Crippen LogP contribution in [0.4, 0.5) is 0 Å². The average Bonchev–Trinajstić information content (AvgIpc) is 2.65. The minimum absolute atomic E-state index is 0.00690. The van der Waals surface area contributed by atoms with Crippen LogP contribution in [0.25, 0.3) is 0 Å². The second-order valence-corrected chi connectivity index (χ2v) is 5.77. The van der Waals surface area contributed by atoms with Gasteiger partial charge in [-0.25, -0.2) is 12.7 Å². The molecule has 14 heavy (non-hydrogen) atoms. The molecule has 1 N–H and O–H groups in total. The van der Waals surface area contributed by atoms with Gasteiger partial charge < -0.3 is 5.11 Å². The van der Waals surface area contributed by atoms with Crippen molar-refractivity contribution in [2.45, 2.75) is 18.6 Å². The Bertz CT molecular complexity index is 333. The van der Waals surface area contributed by atoms with E-state index in [-0.39, 0.29) is 12.5 Å². The van der Waals surface area contributed by atoms with Gasteiger partial charge >= 0.3 is 0 Å². The van der Waals surface area contributed by atoms with E-state index < -0.39 is 15.3 Å². The minimum atomic E-state index is -3.47. The van der Waals surface area contributed by atoms with Crippen LogP contribution in [0.3, 0.4) is 0 Å². The van der Waals surface area contributed by atoms with E-state index in [1.165, 1.54) is 11.2 Å². The lowest BCUT2D eigenvalue weighted by Crippen LogP contribution is -2.35. The molecule has 80 valence electrons. The summed E-state index contributed by atoms with van der Waals surface area (Å²) in [6.07, 6.45) is 0.674. The monoisotopic (exact) mass is 218 g/mol. The third kappa shape index (κ3) is 2.05. The van der Waals surface area contributed by atoms with Gasteiger partial charge in [0.15, 0.2) is 5.25 Å². The van der Waals surface area contributed by atoms with Gasteiger partial charge in [0, 0.05) is 19.7 Å². The molecule has 0 radical (unpaired) electrons. The molecule has 6 heteroatoms. The van der Waals surface area contributed by atoms with E-state index in [0.29, 0.717) is 19.5 Å². The molecular formula is C8H14N2O3S. The lowest BCUT2D eigenvalue weighted by molar-refractivity contribution is 0.233. The summed E-state index contributed by atoms with van der Waals surface area (Å²) in [7, 11) is -3.47. The van der Waals surface area contributed by atoms with Crippen LogP contribution in [0.1, 0.15) is 13.3 Å². The normalized spacial score (nSPS) is 25.9. The number of sulfonamides is 1. The molecule has 0 aliphatic carbocycles. The number of nitriles is 1. The summed E-state index contributed by atoms with van der Waals surface area (Å²) < 4.78 is 24.6. The molecule has 1 heterocycles. The number of rotatable bonds is 3. The molecule has 1 saturated heterocycles. The third-order valence-electron chi connectivity index (χ3n) is 2.50. The zero-order valence-electron chi connectivity index (χ0n) is 8.05. The van der Waals surface area contributed by atoms with Crippen LogP contribution in [0, 0.1) is 17.2 Å². The number of aliphatic hydroxyl groups excluding tert-OH is 1. The maximum atomic E-state index is 11.6. The molecule has 0 aromatic rings. The molecule has 0 aromatic carbocycles. The lowest BCUT2D eigenvalue weighted by atomic mass is 10.1. The molecule has 1 aliphatic heterocycles. The van der Waals surface area contributed by atoms with Gasteiger partial charge in [0.1, 0.15) is 0 Å². The van der Waals surface area contributed by atoms with Gasteiger partial charge in [-0.2, -0.15) is 5.26 Å². The van der Waals surface area contributed by atoms with Crippen molar-refractivity contribution in [3.05, 3.63) is 0 Å². The molecular weight excluding hydrogens is 204 g/mol. The van der Waals surface area contributed by atoms with Crippen LogP contribution < -0.4 is 0 Å². The first-order chi connectivity index (χ1) is 6.52. The molecule has 1 rings (SSSR count). The summed E-state index contributed by atoms with van der Waals surface area (Å²) in [5.41, 5.74) is 0. The van der Waals surface area contributed by atoms with Crippen molar-refractivity contribution in [3.8, 4) is 6.07 Å². The maximum absolute atomic E-state index is 11.6. The Morgan fingerprint density at radius 3 is 2.79 bits per heavy atom. The summed E-state index contributed by atoms with van der Waals surface area (Å²) in [4.78, 5) is 0. The Morgan fingerprint density at radius 1 is 1.71 bits per heavy atom. The minimum Gasteiger partial charge on any atom is -0.396 e. The quantitative estimate of drug-likeness (QED) is 0.695. The third-order valence-corrected chi connectivity index (χ3v) is 4.55. The van der Waals surface area contributed by atoms with Crippen molar-refractivity contribution in [2.75, 3.05) is 19.7 Å². The van der Waals surface area contributed by atoms with Gasteiger partial charge in [-0.3, -0.25) is 0 Å². The van der Waals surface area contributed by atoms with E-state index in [4.69, 9.17) is 10.4 Å². The molecule has 1 aliphatic rings. The van der Waals surface area contributed by atoms with Gasteiger partial charge in [-0.1, -0.05) is 0 Å². The van der Waals surface area contributed by atoms with E-state index in [2.05, 4.69) is 0 Å². The van der Waals surface area contributed by atoms with Gasteiger partial charge in [-0.15, -0.1) is 0 Å². The van der Waals surface area contributed by atoms with Crippen LogP contribution in [0.15, 0.2) is 0 Å². The summed E-state index contributed by atoms with van der Waals surface area (Å²) in [5.74, 6) is 0.0238. The van der Waals surface area contributed by atoms with Gasteiger partial charge in [0.2, 0.25) is 10.0 Å². The molecule has 0 bridgehead atoms. The molecule has 1 fully saturated rings. The highest BCUT2D eigenvalue weighted by molar-refractivity contribution is 7.89. The fraction of sp³-hybridized carbons (Fsp3) is 0.875. The van der Waals surface area contributed by atoms with Gasteiger partial charge in [-0.05, 0) is 19.3 Å². The number of aliphatic hydroxyl groups is 1. The molecule has 0 aromatic heterocycles. The highest BCUT2D eigenvalue weighted by Gasteiger charge is 2.34. The van der Waals surface area contributed by atoms with Crippen LogP contribution in [-0.2, 0) is 10.0 Å². The SMILES string of the molecule is CC(C#N)S(=O)(=O)N1CCC(CO)C1. The predicted octanol–water partition coefficient (Wildman–Crippen LogP) is -0.458. The highest BCUT2D eigenvalue weighted by atomic mass is 32.2. The predicted molar refractivity (Wildman–Crippen MR) is 50.8 cm³/mol. The summed E-state index contributed by atoms with van der Waals surface area (Å²) in [6, 6.07) is 1.72. The van der Waals surface area contributed by atoms with Crippen molar-refractivity contribution in [1.82, 2.24) is 4.31 Å². The Labute approximate surface area is 84.0 Å². The van der Waals surface area contributed by atoms with Crippen molar-refractivity contribution >= 4 is 10.0 Å². The summed E-state index contributed by atoms with van der Waals surface area (Å²) >= 11 is 0. The molecule has 0 spiro atoms. The molecule has 0 saturated carbocycles. The van der Waals surface area contributed by atoms with Crippen molar-refractivity contribution < 1.29 is 13.5 Å². The molecule has 5 nitrogen and oxygen atoms in total. The van der Waals surface area contributed by atoms with Gasteiger partial charge in [0.05, 0.1) is 6.07 Å². The number of hydrogen-bond donors (Lipinski definition) is 1. The lowest BCUT2D eigenvalue weighted by Gasteiger charge is -2.17. The zero-order chi connectivity index (χ0) is 10.8. The first-order valence-corrected chi connectivity index (χ1v) is 6.02. The Kier molecular flexibility index (Phi) is 3.48. The second kappa shape index (κ2) is 4.26. The standard InChI is InChI=1S/C8H14N2O3S/c1-7(4-9)14(12,13)10-3-2-8(5-10)6-11/h7-8,11H,2-3,5-6H2,1H3. The second-order valence-electron chi connectivity index (χ2n) is 3.51. The molecule has 0 amide bonds. The maximum Gasteiger partial charge on any atom is 0.230 e. The molecule has 2 atom stereocenters. The Hall–Kier alpha value is -0.640. The Balaban J connectivity index is 2.73. The van der Waals surface area contributed by atoms with Crippen molar-refractivity contribution in [2.24, 2.45) is 5.92 Å². The van der Waals surface area contributed by atoms with E-state index in [1.54, 1.807) is 6.07 Å². The summed E-state index contributed by atoms with van der Waals surface area (Å²) in [6.45, 7) is 2.14. The van der Waals surface area contributed by atoms with E-state index >= 15 is 0 Å². The van der Waals surface area contributed by atoms with Crippen LogP contribution in [0.5, 0.6) is 0 Å². The first kappa shape index (κ1) is 11.4. The fourth-order valence-electron chi connectivity index (χ4n) is 1.47. The van der Waals surface area contributed by atoms with Gasteiger partial charge in [0.25, 0.3) is 0 Å². The highest BCUT2D eigenvalue weighted by Crippen LogP contribution is 2.20. The average molecular weight is 218 g/mol. The van der Waals surface area contributed by atoms with E-state index in [1.807, 2.05) is 0 Å². The van der Waals surface area contributed by atoms with Crippen molar-refractivity contribution in [1.29, 1.82) is 5.26 Å². The zero-order valence-corrected chi connectivity index (χ0v) is 8.87. The smallest absolute Gasteiger partial charge is 0.230 e. The van der Waals surface area contributed by atoms with E-state index in [9.17, 15) is 8.42 Å². The van der Waals surface area contributed by atoms with Crippen LogP contribution in [-0.4, -0.2) is 42.8 Å². The van der Waals surface area contributed by atoms with Crippen LogP contribution >= 0.6 is 0 Å².